The molecule has 0 amide bonds. The van der Waals surface area contributed by atoms with E-state index in [-0.39, 0.29) is 11.6 Å². The molecule has 0 atom stereocenters. The van der Waals surface area contributed by atoms with Crippen LogP contribution >= 0.6 is 11.6 Å². The van der Waals surface area contributed by atoms with Crippen molar-refractivity contribution in [3.8, 4) is 5.75 Å². The first-order valence-electron chi connectivity index (χ1n) is 5.50. The van der Waals surface area contributed by atoms with Crippen molar-refractivity contribution in [1.29, 1.82) is 0 Å². The normalized spacial score (nSPS) is 10.4. The van der Waals surface area contributed by atoms with Crippen molar-refractivity contribution in [2.75, 3.05) is 5.73 Å². The van der Waals surface area contributed by atoms with Gasteiger partial charge < -0.3 is 10.5 Å². The number of rotatable bonds is 3. The summed E-state index contributed by atoms with van der Waals surface area (Å²) in [6, 6.07) is 10.1. The molecule has 2 rings (SSSR count). The van der Waals surface area contributed by atoms with Crippen molar-refractivity contribution in [2.45, 2.75) is 13.5 Å². The zero-order valence-corrected chi connectivity index (χ0v) is 10.7. The first-order chi connectivity index (χ1) is 8.58. The smallest absolute Gasteiger partial charge is 0.142 e. The second-order valence-electron chi connectivity index (χ2n) is 4.04. The van der Waals surface area contributed by atoms with Crippen molar-refractivity contribution in [3.63, 3.8) is 0 Å². The number of halogens is 2. The SMILES string of the molecule is Cc1ccc(N)c(OCc2cccc(F)c2Cl)c1. The van der Waals surface area contributed by atoms with Crippen molar-refractivity contribution < 1.29 is 9.13 Å². The van der Waals surface area contributed by atoms with Crippen LogP contribution in [-0.2, 0) is 6.61 Å². The molecule has 2 aromatic carbocycles. The molecule has 0 radical (unpaired) electrons. The molecule has 0 aliphatic carbocycles. The summed E-state index contributed by atoms with van der Waals surface area (Å²) in [5.74, 6) is 0.130. The zero-order valence-electron chi connectivity index (χ0n) is 9.91. The van der Waals surface area contributed by atoms with Gasteiger partial charge in [-0.1, -0.05) is 29.8 Å². The Kier molecular flexibility index (Phi) is 3.72. The molecule has 0 fully saturated rings. The van der Waals surface area contributed by atoms with Gasteiger partial charge in [0.2, 0.25) is 0 Å². The van der Waals surface area contributed by atoms with Gasteiger partial charge in [0.25, 0.3) is 0 Å². The Labute approximate surface area is 110 Å². The van der Waals surface area contributed by atoms with Gasteiger partial charge >= 0.3 is 0 Å². The van der Waals surface area contributed by atoms with E-state index in [0.717, 1.165) is 5.56 Å². The predicted octanol–water partition coefficient (Wildman–Crippen LogP) is 3.95. The Morgan fingerprint density at radius 2 is 2.06 bits per heavy atom. The fraction of sp³-hybridized carbons (Fsp3) is 0.143. The molecule has 0 heterocycles. The topological polar surface area (TPSA) is 35.2 Å². The molecule has 0 saturated heterocycles. The molecular formula is C14H13ClFNO. The lowest BCUT2D eigenvalue weighted by atomic mass is 10.2. The second-order valence-corrected chi connectivity index (χ2v) is 4.42. The van der Waals surface area contributed by atoms with Gasteiger partial charge in [0.1, 0.15) is 18.2 Å². The van der Waals surface area contributed by atoms with Gasteiger partial charge in [0.05, 0.1) is 10.7 Å². The highest BCUT2D eigenvalue weighted by Gasteiger charge is 2.07. The van der Waals surface area contributed by atoms with Gasteiger partial charge in [0.15, 0.2) is 0 Å². The number of anilines is 1. The van der Waals surface area contributed by atoms with Gasteiger partial charge in [-0.15, -0.1) is 0 Å². The van der Waals surface area contributed by atoms with Crippen LogP contribution in [0.4, 0.5) is 10.1 Å². The number of nitrogens with two attached hydrogens (primary N) is 1. The molecule has 2 nitrogen and oxygen atoms in total. The summed E-state index contributed by atoms with van der Waals surface area (Å²) in [5, 5.41) is 0.0868. The van der Waals surface area contributed by atoms with E-state index in [4.69, 9.17) is 22.1 Å². The number of nitrogen functional groups attached to an aromatic ring is 1. The summed E-state index contributed by atoms with van der Waals surface area (Å²) >= 11 is 5.84. The fourth-order valence-electron chi connectivity index (χ4n) is 1.58. The van der Waals surface area contributed by atoms with Crippen LogP contribution in [0, 0.1) is 12.7 Å². The standard InChI is InChI=1S/C14H13ClFNO/c1-9-5-6-12(17)13(7-9)18-8-10-3-2-4-11(16)14(10)15/h2-7H,8,17H2,1H3. The molecule has 2 N–H and O–H groups in total. The number of ether oxygens (including phenoxy) is 1. The average Bonchev–Trinajstić information content (AvgIpc) is 2.35. The Morgan fingerprint density at radius 3 is 2.83 bits per heavy atom. The molecule has 0 saturated carbocycles. The number of hydrogen-bond acceptors (Lipinski definition) is 2. The molecule has 94 valence electrons. The summed E-state index contributed by atoms with van der Waals surface area (Å²) in [7, 11) is 0. The lowest BCUT2D eigenvalue weighted by molar-refractivity contribution is 0.307. The summed E-state index contributed by atoms with van der Waals surface area (Å²) in [5.41, 5.74) is 7.98. The second kappa shape index (κ2) is 5.27. The summed E-state index contributed by atoms with van der Waals surface area (Å²) in [4.78, 5) is 0. The van der Waals surface area contributed by atoms with E-state index in [1.54, 1.807) is 18.2 Å². The van der Waals surface area contributed by atoms with E-state index in [0.29, 0.717) is 17.0 Å². The summed E-state index contributed by atoms with van der Waals surface area (Å²) in [6.45, 7) is 2.13. The highest BCUT2D eigenvalue weighted by Crippen LogP contribution is 2.25. The third-order valence-electron chi connectivity index (χ3n) is 2.58. The minimum Gasteiger partial charge on any atom is -0.487 e. The van der Waals surface area contributed by atoms with Crippen LogP contribution in [0.5, 0.6) is 5.75 Å². The van der Waals surface area contributed by atoms with Gasteiger partial charge in [-0.3, -0.25) is 0 Å². The monoisotopic (exact) mass is 265 g/mol. The lowest BCUT2D eigenvalue weighted by Crippen LogP contribution is -2.00. The molecule has 0 aliphatic heterocycles. The number of aryl methyl sites for hydroxylation is 1. The molecule has 0 unspecified atom stereocenters. The van der Waals surface area contributed by atoms with Crippen molar-refractivity contribution in [1.82, 2.24) is 0 Å². The molecular weight excluding hydrogens is 253 g/mol. The Bertz CT molecular complexity index is 570. The molecule has 4 heteroatoms. The minimum atomic E-state index is -0.449. The first kappa shape index (κ1) is 12.7. The molecule has 0 aliphatic rings. The quantitative estimate of drug-likeness (QED) is 0.853. The van der Waals surface area contributed by atoms with E-state index in [1.807, 2.05) is 19.1 Å². The van der Waals surface area contributed by atoms with Crippen LogP contribution in [0.25, 0.3) is 0 Å². The first-order valence-corrected chi connectivity index (χ1v) is 5.87. The molecule has 18 heavy (non-hydrogen) atoms. The molecule has 0 aromatic heterocycles. The average molecular weight is 266 g/mol. The van der Waals surface area contributed by atoms with Crippen molar-refractivity contribution in [3.05, 3.63) is 58.4 Å². The minimum absolute atomic E-state index is 0.0868. The van der Waals surface area contributed by atoms with Crippen LogP contribution < -0.4 is 10.5 Å². The summed E-state index contributed by atoms with van der Waals surface area (Å²) < 4.78 is 18.8. The maximum absolute atomic E-state index is 13.2. The Balaban J connectivity index is 2.16. The zero-order chi connectivity index (χ0) is 13.1. The van der Waals surface area contributed by atoms with Crippen molar-refractivity contribution >= 4 is 17.3 Å². The van der Waals surface area contributed by atoms with E-state index in [2.05, 4.69) is 0 Å². The Hall–Kier alpha value is -1.74. The van der Waals surface area contributed by atoms with E-state index in [9.17, 15) is 4.39 Å². The largest absolute Gasteiger partial charge is 0.487 e. The van der Waals surface area contributed by atoms with Crippen LogP contribution in [0.3, 0.4) is 0 Å². The van der Waals surface area contributed by atoms with Crippen LogP contribution in [0.1, 0.15) is 11.1 Å². The summed E-state index contributed by atoms with van der Waals surface area (Å²) in [6.07, 6.45) is 0. The molecule has 0 spiro atoms. The van der Waals surface area contributed by atoms with Gasteiger partial charge in [-0.05, 0) is 30.7 Å². The maximum Gasteiger partial charge on any atom is 0.142 e. The third-order valence-corrected chi connectivity index (χ3v) is 3.01. The number of benzene rings is 2. The fourth-order valence-corrected chi connectivity index (χ4v) is 1.76. The van der Waals surface area contributed by atoms with Gasteiger partial charge in [-0.25, -0.2) is 4.39 Å². The van der Waals surface area contributed by atoms with E-state index >= 15 is 0 Å². The maximum atomic E-state index is 13.2. The number of hydrogen-bond donors (Lipinski definition) is 1. The van der Waals surface area contributed by atoms with E-state index in [1.165, 1.54) is 6.07 Å². The van der Waals surface area contributed by atoms with Crippen molar-refractivity contribution in [2.24, 2.45) is 0 Å². The van der Waals surface area contributed by atoms with E-state index < -0.39 is 5.82 Å². The lowest BCUT2D eigenvalue weighted by Gasteiger charge is -2.11. The Morgan fingerprint density at radius 1 is 1.28 bits per heavy atom. The van der Waals surface area contributed by atoms with Crippen LogP contribution in [0.15, 0.2) is 36.4 Å². The highest BCUT2D eigenvalue weighted by atomic mass is 35.5. The molecule has 0 bridgehead atoms. The predicted molar refractivity (Wildman–Crippen MR) is 71.3 cm³/mol. The van der Waals surface area contributed by atoms with Crippen LogP contribution in [0.2, 0.25) is 5.02 Å². The highest BCUT2D eigenvalue weighted by molar-refractivity contribution is 6.31. The van der Waals surface area contributed by atoms with Gasteiger partial charge in [-0.2, -0.15) is 0 Å². The van der Waals surface area contributed by atoms with Gasteiger partial charge in [0, 0.05) is 5.56 Å². The molecule has 2 aromatic rings. The third kappa shape index (κ3) is 2.74. The van der Waals surface area contributed by atoms with Crippen LogP contribution in [-0.4, -0.2) is 0 Å².